The first kappa shape index (κ1) is 26.5. The Morgan fingerprint density at radius 1 is 1.14 bits per heavy atom. The molecule has 0 N–H and O–H groups in total. The third kappa shape index (κ3) is 5.94. The van der Waals surface area contributed by atoms with E-state index >= 15 is 0 Å². The summed E-state index contributed by atoms with van der Waals surface area (Å²) in [5, 5.41) is 10.2. The van der Waals surface area contributed by atoms with Crippen LogP contribution in [0.4, 0.5) is 5.82 Å². The van der Waals surface area contributed by atoms with E-state index in [1.165, 1.54) is 4.90 Å². The molecule has 0 aliphatic carbocycles. The largest absolute Gasteiger partial charge is 0.352 e. The number of pyridine rings is 1. The fraction of sp³-hybridized carbons (Fsp3) is 0.481. The highest BCUT2D eigenvalue weighted by Gasteiger charge is 2.33. The molecule has 7 nitrogen and oxygen atoms in total. The van der Waals surface area contributed by atoms with Gasteiger partial charge < -0.3 is 14.7 Å². The second-order valence-corrected chi connectivity index (χ2v) is 10.3. The highest BCUT2D eigenvalue weighted by molar-refractivity contribution is 6.34. The Bertz CT molecular complexity index is 1130. The van der Waals surface area contributed by atoms with E-state index in [4.69, 9.17) is 11.6 Å². The van der Waals surface area contributed by atoms with Crippen molar-refractivity contribution in [2.75, 3.05) is 45.2 Å². The number of benzene rings is 1. The van der Waals surface area contributed by atoms with E-state index in [2.05, 4.69) is 22.9 Å². The average Bonchev–Trinajstić information content (AvgIpc) is 2.86. The molecule has 0 unspecified atom stereocenters. The molecule has 2 aromatic rings. The highest BCUT2D eigenvalue weighted by atomic mass is 35.5. The van der Waals surface area contributed by atoms with Gasteiger partial charge in [0.05, 0.1) is 16.1 Å². The molecule has 1 aromatic carbocycles. The van der Waals surface area contributed by atoms with Gasteiger partial charge in [0.25, 0.3) is 5.91 Å². The van der Waals surface area contributed by atoms with Gasteiger partial charge in [-0.3, -0.25) is 9.59 Å². The van der Waals surface area contributed by atoms with E-state index < -0.39 is 0 Å². The molecule has 3 rings (SSSR count). The minimum Gasteiger partial charge on any atom is -0.352 e. The van der Waals surface area contributed by atoms with Crippen molar-refractivity contribution in [2.45, 2.75) is 40.0 Å². The number of hydrogen-bond donors (Lipinski definition) is 0. The van der Waals surface area contributed by atoms with Gasteiger partial charge in [0.1, 0.15) is 11.9 Å². The number of unbranched alkanes of at least 4 members (excludes halogenated alkanes) is 1. The molecule has 0 bridgehead atoms. The number of nitriles is 1. The van der Waals surface area contributed by atoms with E-state index in [1.807, 2.05) is 24.8 Å². The van der Waals surface area contributed by atoms with Crippen LogP contribution in [0.1, 0.15) is 56.0 Å². The molecule has 35 heavy (non-hydrogen) atoms. The van der Waals surface area contributed by atoms with Crippen LogP contribution in [0.15, 0.2) is 30.5 Å². The third-order valence-electron chi connectivity index (χ3n) is 6.53. The van der Waals surface area contributed by atoms with Gasteiger partial charge in [0.15, 0.2) is 0 Å². The van der Waals surface area contributed by atoms with Gasteiger partial charge in [-0.1, -0.05) is 51.3 Å². The number of piperazine rings is 1. The maximum absolute atomic E-state index is 13.0. The summed E-state index contributed by atoms with van der Waals surface area (Å²) in [5.41, 5.74) is 2.07. The predicted octanol–water partition coefficient (Wildman–Crippen LogP) is 4.84. The van der Waals surface area contributed by atoms with Crippen LogP contribution >= 0.6 is 11.6 Å². The molecule has 0 radical (unpaired) electrons. The summed E-state index contributed by atoms with van der Waals surface area (Å²) in [6.07, 6.45) is 4.73. The predicted molar refractivity (Wildman–Crippen MR) is 140 cm³/mol. The standard InChI is InChI=1S/C27H34ClN5O2/c1-6-7-10-27(2,3)26(35)33-13-11-32(12-14-33)24-20(17-29)15-21(18-30-24)19-8-9-22(23(28)16-19)25(34)31(4)5/h8-9,15-16,18H,6-7,10-14H2,1-5H3. The van der Waals surface area contributed by atoms with Crippen LogP contribution in [0.5, 0.6) is 0 Å². The molecule has 1 aliphatic heterocycles. The van der Waals surface area contributed by atoms with Crippen LogP contribution < -0.4 is 4.90 Å². The normalized spacial score (nSPS) is 14.0. The van der Waals surface area contributed by atoms with E-state index in [0.29, 0.717) is 48.1 Å². The highest BCUT2D eigenvalue weighted by Crippen LogP contribution is 2.30. The van der Waals surface area contributed by atoms with Crippen molar-refractivity contribution >= 4 is 29.2 Å². The third-order valence-corrected chi connectivity index (χ3v) is 6.84. The van der Waals surface area contributed by atoms with E-state index in [0.717, 1.165) is 30.4 Å². The average molecular weight is 496 g/mol. The molecular weight excluding hydrogens is 462 g/mol. The lowest BCUT2D eigenvalue weighted by Crippen LogP contribution is -2.52. The number of carbonyl (C=O) groups excluding carboxylic acids is 2. The Morgan fingerprint density at radius 2 is 1.83 bits per heavy atom. The maximum Gasteiger partial charge on any atom is 0.254 e. The van der Waals surface area contributed by atoms with Crippen molar-refractivity contribution in [1.29, 1.82) is 5.26 Å². The second-order valence-electron chi connectivity index (χ2n) is 9.87. The fourth-order valence-corrected chi connectivity index (χ4v) is 4.60. The topological polar surface area (TPSA) is 80.5 Å². The molecule has 2 amide bonds. The molecule has 186 valence electrons. The van der Waals surface area contributed by atoms with E-state index in [9.17, 15) is 14.9 Å². The molecule has 1 fully saturated rings. The van der Waals surface area contributed by atoms with Gasteiger partial charge in [-0.2, -0.15) is 5.26 Å². The molecule has 0 spiro atoms. The van der Waals surface area contributed by atoms with Gasteiger partial charge in [0.2, 0.25) is 5.91 Å². The number of hydrogen-bond acceptors (Lipinski definition) is 5. The fourth-order valence-electron chi connectivity index (χ4n) is 4.33. The van der Waals surface area contributed by atoms with Crippen molar-refractivity contribution in [2.24, 2.45) is 5.41 Å². The van der Waals surface area contributed by atoms with Gasteiger partial charge in [0, 0.05) is 57.4 Å². The first-order valence-electron chi connectivity index (χ1n) is 12.0. The minimum atomic E-state index is -0.357. The summed E-state index contributed by atoms with van der Waals surface area (Å²) in [6, 6.07) is 9.29. The molecular formula is C27H34ClN5O2. The van der Waals surface area contributed by atoms with Crippen LogP contribution in [-0.4, -0.2) is 66.9 Å². The number of carbonyl (C=O) groups is 2. The first-order valence-corrected chi connectivity index (χ1v) is 12.4. The molecule has 1 saturated heterocycles. The Balaban J connectivity index is 1.75. The van der Waals surface area contributed by atoms with Crippen molar-refractivity contribution in [3.05, 3.63) is 46.6 Å². The Hall–Kier alpha value is -3.11. The maximum atomic E-state index is 13.0. The summed E-state index contributed by atoms with van der Waals surface area (Å²) >= 11 is 6.37. The lowest BCUT2D eigenvalue weighted by molar-refractivity contribution is -0.141. The molecule has 2 heterocycles. The van der Waals surface area contributed by atoms with Crippen LogP contribution in [-0.2, 0) is 4.79 Å². The smallest absolute Gasteiger partial charge is 0.254 e. The SMILES string of the molecule is CCCCC(C)(C)C(=O)N1CCN(c2ncc(-c3ccc(C(=O)N(C)C)c(Cl)c3)cc2C#N)CC1. The van der Waals surface area contributed by atoms with E-state index in [1.54, 1.807) is 38.5 Å². The molecule has 0 atom stereocenters. The minimum absolute atomic E-state index is 0.167. The van der Waals surface area contributed by atoms with Crippen molar-refractivity contribution in [1.82, 2.24) is 14.8 Å². The van der Waals surface area contributed by atoms with Crippen LogP contribution in [0.25, 0.3) is 11.1 Å². The Morgan fingerprint density at radius 3 is 2.40 bits per heavy atom. The van der Waals surface area contributed by atoms with Gasteiger partial charge in [-0.15, -0.1) is 0 Å². The molecule has 0 saturated carbocycles. The van der Waals surface area contributed by atoms with Gasteiger partial charge in [-0.25, -0.2) is 4.98 Å². The van der Waals surface area contributed by atoms with Crippen LogP contribution in [0.3, 0.4) is 0 Å². The first-order chi connectivity index (χ1) is 16.6. The quantitative estimate of drug-likeness (QED) is 0.549. The molecule has 8 heteroatoms. The van der Waals surface area contributed by atoms with Crippen molar-refractivity contribution in [3.63, 3.8) is 0 Å². The number of nitrogens with zero attached hydrogens (tertiary/aromatic N) is 5. The summed E-state index contributed by atoms with van der Waals surface area (Å²) in [5.74, 6) is 0.653. The summed E-state index contributed by atoms with van der Waals surface area (Å²) < 4.78 is 0. The van der Waals surface area contributed by atoms with Crippen LogP contribution in [0.2, 0.25) is 5.02 Å². The Kier molecular flexibility index (Phi) is 8.39. The molecule has 1 aromatic heterocycles. The second kappa shape index (κ2) is 11.1. The number of aromatic nitrogens is 1. The number of amides is 2. The lowest BCUT2D eigenvalue weighted by Gasteiger charge is -2.39. The monoisotopic (exact) mass is 495 g/mol. The summed E-state index contributed by atoms with van der Waals surface area (Å²) in [6.45, 7) is 8.67. The van der Waals surface area contributed by atoms with Crippen LogP contribution in [0, 0.1) is 16.7 Å². The zero-order valence-corrected chi connectivity index (χ0v) is 22.0. The molecule has 1 aliphatic rings. The van der Waals surface area contributed by atoms with Gasteiger partial charge >= 0.3 is 0 Å². The number of rotatable bonds is 7. The van der Waals surface area contributed by atoms with Crippen molar-refractivity contribution < 1.29 is 9.59 Å². The number of anilines is 1. The number of halogens is 1. The lowest BCUT2D eigenvalue weighted by atomic mass is 9.85. The van der Waals surface area contributed by atoms with Crippen molar-refractivity contribution in [3.8, 4) is 17.2 Å². The summed E-state index contributed by atoms with van der Waals surface area (Å²) in [7, 11) is 3.36. The van der Waals surface area contributed by atoms with E-state index in [-0.39, 0.29) is 17.2 Å². The Labute approximate surface area is 213 Å². The zero-order valence-electron chi connectivity index (χ0n) is 21.3. The summed E-state index contributed by atoms with van der Waals surface area (Å²) in [4.78, 5) is 35.4. The van der Waals surface area contributed by atoms with Gasteiger partial charge in [-0.05, 0) is 30.2 Å². The zero-order chi connectivity index (χ0) is 25.8.